The summed E-state index contributed by atoms with van der Waals surface area (Å²) in [5.41, 5.74) is 5.05. The fraction of sp³-hybridized carbons (Fsp3) is 0.381. The van der Waals surface area contributed by atoms with Gasteiger partial charge in [-0.15, -0.1) is 0 Å². The summed E-state index contributed by atoms with van der Waals surface area (Å²) in [6, 6.07) is 7.11. The molecular weight excluding hydrogens is 390 g/mol. The van der Waals surface area contributed by atoms with Crippen molar-refractivity contribution in [2.75, 3.05) is 45.8 Å². The molecule has 1 aliphatic heterocycles. The minimum atomic E-state index is -3.56. The second kappa shape index (κ2) is 8.14. The monoisotopic (exact) mass is 415 g/mol. The van der Waals surface area contributed by atoms with E-state index in [1.807, 2.05) is 19.2 Å². The maximum atomic E-state index is 12.9. The number of nitrogens with zero attached hydrogens (tertiary/aromatic N) is 2. The maximum absolute atomic E-state index is 12.9. The fourth-order valence-corrected chi connectivity index (χ4v) is 5.18. The maximum Gasteiger partial charge on any atom is 0.243 e. The number of allylic oxidation sites excluding steroid dienone is 1. The summed E-state index contributed by atoms with van der Waals surface area (Å²) in [6.07, 6.45) is 5.58. The lowest BCUT2D eigenvalue weighted by molar-refractivity contribution is 0.0730. The predicted octanol–water partition coefficient (Wildman–Crippen LogP) is 2.31. The quantitative estimate of drug-likeness (QED) is 0.780. The van der Waals surface area contributed by atoms with Crippen LogP contribution < -0.4 is 10.1 Å². The molecule has 0 radical (unpaired) electrons. The van der Waals surface area contributed by atoms with Gasteiger partial charge in [-0.25, -0.2) is 8.42 Å². The van der Waals surface area contributed by atoms with Gasteiger partial charge in [0, 0.05) is 61.6 Å². The van der Waals surface area contributed by atoms with Gasteiger partial charge in [-0.3, -0.25) is 4.98 Å². The molecule has 0 bridgehead atoms. The van der Waals surface area contributed by atoms with E-state index < -0.39 is 10.0 Å². The Morgan fingerprint density at radius 3 is 2.76 bits per heavy atom. The molecule has 0 saturated carbocycles. The molecule has 2 aliphatic rings. The summed E-state index contributed by atoms with van der Waals surface area (Å²) in [7, 11) is -0.105. The molecule has 1 aliphatic carbocycles. The first-order chi connectivity index (χ1) is 14.0. The van der Waals surface area contributed by atoms with Crippen molar-refractivity contribution in [1.29, 1.82) is 0 Å². The number of hydrogen-bond donors (Lipinski definition) is 1. The molecule has 1 N–H and O–H groups in total. The number of benzene rings is 1. The van der Waals surface area contributed by atoms with Crippen molar-refractivity contribution in [2.24, 2.45) is 0 Å². The van der Waals surface area contributed by atoms with Crippen molar-refractivity contribution in [3.63, 3.8) is 0 Å². The number of hydrogen-bond acceptors (Lipinski definition) is 6. The topological polar surface area (TPSA) is 80.8 Å². The van der Waals surface area contributed by atoms with Gasteiger partial charge in [0.25, 0.3) is 0 Å². The molecule has 1 fully saturated rings. The molecule has 1 aromatic carbocycles. The predicted molar refractivity (Wildman–Crippen MR) is 112 cm³/mol. The molecule has 0 amide bonds. The van der Waals surface area contributed by atoms with Crippen LogP contribution in [0.5, 0.6) is 5.75 Å². The van der Waals surface area contributed by atoms with E-state index in [0.717, 1.165) is 34.6 Å². The Balaban J connectivity index is 1.63. The number of morpholine rings is 1. The molecule has 0 atom stereocenters. The number of anilines is 1. The highest BCUT2D eigenvalue weighted by Gasteiger charge is 2.27. The number of methoxy groups -OCH3 is 1. The van der Waals surface area contributed by atoms with Crippen LogP contribution in [0, 0.1) is 0 Å². The summed E-state index contributed by atoms with van der Waals surface area (Å²) in [6.45, 7) is 1.57. The lowest BCUT2D eigenvalue weighted by Crippen LogP contribution is -2.40. The van der Waals surface area contributed by atoms with Crippen LogP contribution in [-0.2, 0) is 27.6 Å². The average molecular weight is 416 g/mol. The first kappa shape index (κ1) is 19.9. The van der Waals surface area contributed by atoms with Gasteiger partial charge in [0.1, 0.15) is 5.75 Å². The van der Waals surface area contributed by atoms with Crippen LogP contribution >= 0.6 is 0 Å². The van der Waals surface area contributed by atoms with E-state index in [2.05, 4.69) is 17.5 Å². The van der Waals surface area contributed by atoms with Crippen molar-refractivity contribution in [3.8, 4) is 5.75 Å². The van der Waals surface area contributed by atoms with Gasteiger partial charge in [0.05, 0.1) is 30.9 Å². The number of nitrogens with one attached hydrogen (secondary N) is 1. The minimum Gasteiger partial charge on any atom is -0.496 e. The molecule has 29 heavy (non-hydrogen) atoms. The van der Waals surface area contributed by atoms with E-state index in [9.17, 15) is 8.42 Å². The van der Waals surface area contributed by atoms with Crippen molar-refractivity contribution in [2.45, 2.75) is 17.7 Å². The van der Waals surface area contributed by atoms with Gasteiger partial charge in [-0.05, 0) is 12.1 Å². The Labute approximate surface area is 171 Å². The number of pyridine rings is 1. The Kier molecular flexibility index (Phi) is 5.58. The van der Waals surface area contributed by atoms with Crippen molar-refractivity contribution < 1.29 is 17.9 Å². The highest BCUT2D eigenvalue weighted by atomic mass is 32.2. The first-order valence-electron chi connectivity index (χ1n) is 9.65. The van der Waals surface area contributed by atoms with Crippen LogP contribution in [0.4, 0.5) is 5.69 Å². The molecule has 154 valence electrons. The molecule has 1 aromatic heterocycles. The van der Waals surface area contributed by atoms with Crippen LogP contribution in [0.2, 0.25) is 0 Å². The molecule has 0 unspecified atom stereocenters. The van der Waals surface area contributed by atoms with Crippen LogP contribution in [0.15, 0.2) is 35.2 Å². The van der Waals surface area contributed by atoms with Crippen LogP contribution in [0.1, 0.15) is 22.5 Å². The van der Waals surface area contributed by atoms with Gasteiger partial charge in [0.15, 0.2) is 0 Å². The van der Waals surface area contributed by atoms with E-state index in [-0.39, 0.29) is 4.90 Å². The molecule has 2 aromatic rings. The van der Waals surface area contributed by atoms with E-state index in [1.54, 1.807) is 19.2 Å². The smallest absolute Gasteiger partial charge is 0.243 e. The SMILES string of the molecule is CNc1cc(Cc2ccc(S(=O)(=O)N3CCOCC3)cc2OC)nc2c1C=CC2. The van der Waals surface area contributed by atoms with Gasteiger partial charge >= 0.3 is 0 Å². The fourth-order valence-electron chi connectivity index (χ4n) is 3.76. The Hall–Kier alpha value is -2.42. The van der Waals surface area contributed by atoms with Crippen LogP contribution in [0.25, 0.3) is 6.08 Å². The molecular formula is C21H25N3O4S. The number of ether oxygens (including phenoxy) is 2. The molecule has 8 heteroatoms. The highest BCUT2D eigenvalue weighted by Crippen LogP contribution is 2.30. The summed E-state index contributed by atoms with van der Waals surface area (Å²) in [5.74, 6) is 0.547. The number of sulfonamides is 1. The van der Waals surface area contributed by atoms with Crippen LogP contribution in [0.3, 0.4) is 0 Å². The lowest BCUT2D eigenvalue weighted by atomic mass is 10.1. The number of aromatic nitrogens is 1. The van der Waals surface area contributed by atoms with Crippen LogP contribution in [-0.4, -0.2) is 58.2 Å². The second-order valence-electron chi connectivity index (χ2n) is 7.04. The van der Waals surface area contributed by atoms with Crippen molar-refractivity contribution in [3.05, 3.63) is 52.9 Å². The average Bonchev–Trinajstić information content (AvgIpc) is 3.22. The molecule has 0 spiro atoms. The summed E-state index contributed by atoms with van der Waals surface area (Å²) in [4.78, 5) is 5.02. The van der Waals surface area contributed by atoms with Gasteiger partial charge in [-0.2, -0.15) is 4.31 Å². The van der Waals surface area contributed by atoms with Crippen molar-refractivity contribution in [1.82, 2.24) is 9.29 Å². The zero-order chi connectivity index (χ0) is 20.4. The summed E-state index contributed by atoms with van der Waals surface area (Å²) in [5, 5.41) is 3.23. The Morgan fingerprint density at radius 2 is 2.03 bits per heavy atom. The third kappa shape index (κ3) is 3.88. The number of fused-ring (bicyclic) bond motifs is 1. The van der Waals surface area contributed by atoms with Crippen molar-refractivity contribution >= 4 is 21.8 Å². The largest absolute Gasteiger partial charge is 0.496 e. The second-order valence-corrected chi connectivity index (χ2v) is 8.98. The third-order valence-electron chi connectivity index (χ3n) is 5.29. The Morgan fingerprint density at radius 1 is 1.24 bits per heavy atom. The standard InChI is InChI=1S/C21H25N3O4S/c1-22-20-13-16(23-19-5-3-4-18(19)20)12-15-6-7-17(14-21(15)27-2)29(25,26)24-8-10-28-11-9-24/h3-4,6-7,13-14H,5,8-12H2,1-2H3,(H,22,23). The van der Waals surface area contributed by atoms with Gasteiger partial charge in [-0.1, -0.05) is 18.2 Å². The summed E-state index contributed by atoms with van der Waals surface area (Å²) < 4.78 is 38.1. The van der Waals surface area contributed by atoms with E-state index in [4.69, 9.17) is 14.5 Å². The lowest BCUT2D eigenvalue weighted by Gasteiger charge is -2.26. The van der Waals surface area contributed by atoms with E-state index >= 15 is 0 Å². The molecule has 7 nitrogen and oxygen atoms in total. The summed E-state index contributed by atoms with van der Waals surface area (Å²) >= 11 is 0. The number of rotatable bonds is 6. The Bertz CT molecular complexity index is 1040. The molecule has 2 heterocycles. The zero-order valence-electron chi connectivity index (χ0n) is 16.6. The van der Waals surface area contributed by atoms with E-state index in [1.165, 1.54) is 4.31 Å². The van der Waals surface area contributed by atoms with Gasteiger partial charge < -0.3 is 14.8 Å². The zero-order valence-corrected chi connectivity index (χ0v) is 17.5. The minimum absolute atomic E-state index is 0.238. The van der Waals surface area contributed by atoms with Gasteiger partial charge in [0.2, 0.25) is 10.0 Å². The molecule has 4 rings (SSSR count). The van der Waals surface area contributed by atoms with E-state index in [0.29, 0.717) is 38.5 Å². The molecule has 1 saturated heterocycles. The third-order valence-corrected chi connectivity index (χ3v) is 7.19. The first-order valence-corrected chi connectivity index (χ1v) is 11.1. The normalized spacial score (nSPS) is 16.6. The highest BCUT2D eigenvalue weighted by molar-refractivity contribution is 7.89.